The number of ketones is 1. The highest BCUT2D eigenvalue weighted by Gasteiger charge is 2.20. The lowest BCUT2D eigenvalue weighted by Crippen LogP contribution is -2.18. The second-order valence-corrected chi connectivity index (χ2v) is 9.18. The van der Waals surface area contributed by atoms with Gasteiger partial charge in [0.25, 0.3) is 5.56 Å². The number of carbonyl (C=O) groups excluding carboxylic acids is 1. The van der Waals surface area contributed by atoms with Crippen molar-refractivity contribution >= 4 is 68.6 Å². The molecule has 8 heteroatoms. The number of imidazole rings is 1. The number of allylic oxidation sites excluding steroid dienone is 1. The smallest absolute Gasteiger partial charge is 0.260 e. The van der Waals surface area contributed by atoms with Gasteiger partial charge in [-0.3, -0.25) is 9.59 Å². The van der Waals surface area contributed by atoms with Crippen molar-refractivity contribution in [3.05, 3.63) is 104 Å². The van der Waals surface area contributed by atoms with Crippen molar-refractivity contribution in [3.8, 4) is 11.1 Å². The molecule has 0 aliphatic carbocycles. The molecule has 0 saturated heterocycles. The number of aromatic amines is 1. The molecule has 0 unspecified atom stereocenters. The van der Waals surface area contributed by atoms with E-state index in [9.17, 15) is 9.59 Å². The van der Waals surface area contributed by atoms with E-state index in [1.807, 2.05) is 41.8 Å². The molecular weight excluding hydrogens is 505 g/mol. The molecule has 0 spiro atoms. The van der Waals surface area contributed by atoms with E-state index in [4.69, 9.17) is 34.8 Å². The van der Waals surface area contributed by atoms with Crippen molar-refractivity contribution in [3.63, 3.8) is 0 Å². The van der Waals surface area contributed by atoms with Gasteiger partial charge in [-0.2, -0.15) is 0 Å². The standard InChI is InChI=1S/C27H18Cl3N3O2/c1-2-33-22-14-19(30)18(29)13-21(22)31-24(33)11-10-23(34)26-25(15-6-4-3-5-7-15)17-12-16(28)8-9-20(17)32-27(26)35/h3-14H,2H2,1H3,(H,32,35)/b11-10+. The molecule has 35 heavy (non-hydrogen) atoms. The lowest BCUT2D eigenvalue weighted by Gasteiger charge is -2.11. The van der Waals surface area contributed by atoms with Gasteiger partial charge in [-0.15, -0.1) is 0 Å². The molecule has 174 valence electrons. The average Bonchev–Trinajstić information content (AvgIpc) is 3.18. The predicted octanol–water partition coefficient (Wildman–Crippen LogP) is 7.42. The van der Waals surface area contributed by atoms with Crippen LogP contribution < -0.4 is 5.56 Å². The Morgan fingerprint density at radius 3 is 2.51 bits per heavy atom. The first-order valence-electron chi connectivity index (χ1n) is 10.9. The molecule has 0 aliphatic heterocycles. The molecule has 1 N–H and O–H groups in total. The average molecular weight is 523 g/mol. The minimum atomic E-state index is -0.476. The van der Waals surface area contributed by atoms with Crippen LogP contribution in [-0.4, -0.2) is 20.3 Å². The van der Waals surface area contributed by atoms with Gasteiger partial charge in [0.2, 0.25) is 0 Å². The Morgan fingerprint density at radius 1 is 1.03 bits per heavy atom. The lowest BCUT2D eigenvalue weighted by molar-refractivity contribution is 0.104. The number of benzene rings is 3. The van der Waals surface area contributed by atoms with Crippen molar-refractivity contribution in [2.24, 2.45) is 0 Å². The van der Waals surface area contributed by atoms with E-state index in [0.29, 0.717) is 49.4 Å². The first-order valence-corrected chi connectivity index (χ1v) is 12.0. The number of hydrogen-bond donors (Lipinski definition) is 1. The van der Waals surface area contributed by atoms with Crippen LogP contribution in [0.4, 0.5) is 0 Å². The molecular formula is C27H18Cl3N3O2. The van der Waals surface area contributed by atoms with E-state index in [0.717, 1.165) is 11.1 Å². The first-order chi connectivity index (χ1) is 16.9. The summed E-state index contributed by atoms with van der Waals surface area (Å²) in [5.74, 6) is 0.105. The third-order valence-electron chi connectivity index (χ3n) is 5.80. The number of carbonyl (C=O) groups is 1. The Labute approximate surface area is 215 Å². The van der Waals surface area contributed by atoms with Gasteiger partial charge in [0.05, 0.1) is 26.6 Å². The molecule has 0 atom stereocenters. The van der Waals surface area contributed by atoms with Crippen LogP contribution in [0.1, 0.15) is 23.1 Å². The maximum Gasteiger partial charge on any atom is 0.260 e. The third-order valence-corrected chi connectivity index (χ3v) is 6.76. The fraction of sp³-hybridized carbons (Fsp3) is 0.0741. The van der Waals surface area contributed by atoms with E-state index in [2.05, 4.69) is 9.97 Å². The maximum absolute atomic E-state index is 13.5. The second-order valence-electron chi connectivity index (χ2n) is 7.93. The summed E-state index contributed by atoms with van der Waals surface area (Å²) in [5, 5.41) is 2.02. The van der Waals surface area contributed by atoms with Gasteiger partial charge in [-0.25, -0.2) is 4.98 Å². The third kappa shape index (κ3) is 4.27. The molecule has 0 aliphatic rings. The summed E-state index contributed by atoms with van der Waals surface area (Å²) in [6, 6.07) is 17.9. The SMILES string of the molecule is CCn1c(/C=C/C(=O)c2c(-c3ccccc3)c3cc(Cl)ccc3[nH]c2=O)nc2cc(Cl)c(Cl)cc21. The zero-order chi connectivity index (χ0) is 24.7. The minimum absolute atomic E-state index is 0.0347. The molecule has 0 bridgehead atoms. The van der Waals surface area contributed by atoms with Gasteiger partial charge < -0.3 is 9.55 Å². The van der Waals surface area contributed by atoms with Crippen LogP contribution in [-0.2, 0) is 6.54 Å². The number of fused-ring (bicyclic) bond motifs is 2. The van der Waals surface area contributed by atoms with Gasteiger partial charge in [0.15, 0.2) is 5.78 Å². The Balaban J connectivity index is 1.67. The van der Waals surface area contributed by atoms with Gasteiger partial charge in [0, 0.05) is 28.0 Å². The van der Waals surface area contributed by atoms with Crippen molar-refractivity contribution in [2.45, 2.75) is 13.5 Å². The minimum Gasteiger partial charge on any atom is -0.325 e. The van der Waals surface area contributed by atoms with Crippen molar-refractivity contribution in [1.82, 2.24) is 14.5 Å². The number of pyridine rings is 1. The Bertz CT molecular complexity index is 1700. The first kappa shape index (κ1) is 23.4. The Morgan fingerprint density at radius 2 is 1.77 bits per heavy atom. The van der Waals surface area contributed by atoms with Crippen LogP contribution >= 0.6 is 34.8 Å². The summed E-state index contributed by atoms with van der Waals surface area (Å²) < 4.78 is 1.92. The number of aryl methyl sites for hydroxylation is 1. The summed E-state index contributed by atoms with van der Waals surface area (Å²) in [6.07, 6.45) is 2.97. The number of rotatable bonds is 5. The maximum atomic E-state index is 13.5. The van der Waals surface area contributed by atoms with Gasteiger partial charge >= 0.3 is 0 Å². The highest BCUT2D eigenvalue weighted by atomic mass is 35.5. The number of halogens is 3. The summed E-state index contributed by atoms with van der Waals surface area (Å²) in [4.78, 5) is 34.0. The summed E-state index contributed by atoms with van der Waals surface area (Å²) in [5.41, 5.74) is 2.90. The van der Waals surface area contributed by atoms with Crippen LogP contribution in [0, 0.1) is 0 Å². The molecule has 0 amide bonds. The molecule has 5 rings (SSSR count). The van der Waals surface area contributed by atoms with Gasteiger partial charge in [0.1, 0.15) is 5.82 Å². The molecule has 3 aromatic carbocycles. The Hall–Kier alpha value is -3.38. The van der Waals surface area contributed by atoms with Gasteiger partial charge in [-0.1, -0.05) is 65.1 Å². The van der Waals surface area contributed by atoms with E-state index < -0.39 is 11.3 Å². The second kappa shape index (κ2) is 9.34. The molecule has 0 saturated carbocycles. The lowest BCUT2D eigenvalue weighted by atomic mass is 9.94. The van der Waals surface area contributed by atoms with Crippen LogP contribution in [0.25, 0.3) is 39.1 Å². The predicted molar refractivity (Wildman–Crippen MR) is 144 cm³/mol. The number of nitrogens with zero attached hydrogens (tertiary/aromatic N) is 2. The quantitative estimate of drug-likeness (QED) is 0.193. The molecule has 5 nitrogen and oxygen atoms in total. The fourth-order valence-corrected chi connectivity index (χ4v) is 4.72. The molecule has 5 aromatic rings. The van der Waals surface area contributed by atoms with E-state index in [1.165, 1.54) is 6.08 Å². The van der Waals surface area contributed by atoms with Crippen molar-refractivity contribution in [2.75, 3.05) is 0 Å². The monoisotopic (exact) mass is 521 g/mol. The summed E-state index contributed by atoms with van der Waals surface area (Å²) in [6.45, 7) is 2.57. The van der Waals surface area contributed by atoms with E-state index in [-0.39, 0.29) is 5.56 Å². The van der Waals surface area contributed by atoms with Crippen LogP contribution in [0.3, 0.4) is 0 Å². The fourth-order valence-electron chi connectivity index (χ4n) is 4.24. The molecule has 2 heterocycles. The van der Waals surface area contributed by atoms with Crippen LogP contribution in [0.15, 0.2) is 71.5 Å². The zero-order valence-electron chi connectivity index (χ0n) is 18.5. The highest BCUT2D eigenvalue weighted by Crippen LogP contribution is 2.32. The van der Waals surface area contributed by atoms with E-state index in [1.54, 1.807) is 36.4 Å². The normalized spacial score (nSPS) is 11.7. The molecule has 0 radical (unpaired) electrons. The van der Waals surface area contributed by atoms with Crippen LogP contribution in [0.2, 0.25) is 15.1 Å². The van der Waals surface area contributed by atoms with E-state index >= 15 is 0 Å². The van der Waals surface area contributed by atoms with Crippen LogP contribution in [0.5, 0.6) is 0 Å². The number of aromatic nitrogens is 3. The highest BCUT2D eigenvalue weighted by molar-refractivity contribution is 6.42. The van der Waals surface area contributed by atoms with Crippen molar-refractivity contribution < 1.29 is 4.79 Å². The van der Waals surface area contributed by atoms with Crippen molar-refractivity contribution in [1.29, 1.82) is 0 Å². The summed E-state index contributed by atoms with van der Waals surface area (Å²) in [7, 11) is 0. The largest absolute Gasteiger partial charge is 0.325 e. The number of H-pyrrole nitrogens is 1. The summed E-state index contributed by atoms with van der Waals surface area (Å²) >= 11 is 18.6. The van der Waals surface area contributed by atoms with Gasteiger partial charge in [-0.05, 0) is 55.0 Å². The zero-order valence-corrected chi connectivity index (χ0v) is 20.7. The number of nitrogens with one attached hydrogen (secondary N) is 1. The number of hydrogen-bond acceptors (Lipinski definition) is 3. The molecule has 0 fully saturated rings. The topological polar surface area (TPSA) is 67.8 Å². The molecule has 2 aromatic heterocycles. The Kier molecular flexibility index (Phi) is 6.24.